The van der Waals surface area contributed by atoms with Crippen LogP contribution in [0, 0.1) is 12.3 Å². The molecule has 2 rings (SSSR count). The lowest BCUT2D eigenvalue weighted by Gasteiger charge is -2.31. The summed E-state index contributed by atoms with van der Waals surface area (Å²) in [4.78, 5) is 2.47. The van der Waals surface area contributed by atoms with Gasteiger partial charge in [0.1, 0.15) is 12.2 Å². The molecule has 126 valence electrons. The van der Waals surface area contributed by atoms with Crippen LogP contribution < -0.4 is 0 Å². The van der Waals surface area contributed by atoms with Gasteiger partial charge in [0.25, 0.3) is 0 Å². The molecule has 1 saturated heterocycles. The Labute approximate surface area is 142 Å². The van der Waals surface area contributed by atoms with Crippen molar-refractivity contribution in [3.05, 3.63) is 35.9 Å². The largest absolute Gasteiger partial charge is 0.342 e. The van der Waals surface area contributed by atoms with Gasteiger partial charge < -0.3 is 9.47 Å². The van der Waals surface area contributed by atoms with E-state index in [1.807, 2.05) is 13.8 Å². The van der Waals surface area contributed by atoms with Crippen molar-refractivity contribution in [2.45, 2.75) is 58.0 Å². The van der Waals surface area contributed by atoms with Crippen molar-refractivity contribution in [1.82, 2.24) is 4.90 Å². The van der Waals surface area contributed by atoms with Crippen LogP contribution in [0.5, 0.6) is 0 Å². The van der Waals surface area contributed by atoms with Gasteiger partial charge in [0.15, 0.2) is 5.79 Å². The van der Waals surface area contributed by atoms with Crippen LogP contribution in [0.2, 0.25) is 19.6 Å². The van der Waals surface area contributed by atoms with E-state index in [4.69, 9.17) is 15.9 Å². The first-order valence-electron chi connectivity index (χ1n) is 8.27. The fourth-order valence-electron chi connectivity index (χ4n) is 3.06. The van der Waals surface area contributed by atoms with E-state index in [-0.39, 0.29) is 12.2 Å². The quantitative estimate of drug-likeness (QED) is 0.588. The minimum absolute atomic E-state index is 0.0740. The normalized spacial score (nSPS) is 23.9. The average molecular weight is 332 g/mol. The molecule has 0 unspecified atom stereocenters. The molecule has 3 nitrogen and oxygen atoms in total. The highest BCUT2D eigenvalue weighted by Crippen LogP contribution is 2.28. The highest BCUT2D eigenvalue weighted by atomic mass is 28.3. The van der Waals surface area contributed by atoms with Gasteiger partial charge in [-0.2, -0.15) is 0 Å². The van der Waals surface area contributed by atoms with E-state index in [0.717, 1.165) is 19.3 Å². The highest BCUT2D eigenvalue weighted by Gasteiger charge is 2.41. The zero-order chi connectivity index (χ0) is 17.1. The summed E-state index contributed by atoms with van der Waals surface area (Å²) in [6.45, 7) is 12.7. The summed E-state index contributed by atoms with van der Waals surface area (Å²) in [6, 6.07) is 10.6. The molecule has 0 bridgehead atoms. The number of terminal acetylenes is 1. The predicted octanol–water partition coefficient (Wildman–Crippen LogP) is 3.52. The van der Waals surface area contributed by atoms with Crippen LogP contribution in [0.1, 0.15) is 19.4 Å². The number of rotatable bonds is 6. The van der Waals surface area contributed by atoms with Crippen LogP contribution in [0.25, 0.3) is 0 Å². The van der Waals surface area contributed by atoms with Crippen molar-refractivity contribution in [3.8, 4) is 12.3 Å². The molecule has 1 aromatic rings. The first kappa shape index (κ1) is 18.2. The molecule has 23 heavy (non-hydrogen) atoms. The van der Waals surface area contributed by atoms with E-state index < -0.39 is 13.9 Å². The summed E-state index contributed by atoms with van der Waals surface area (Å²) in [7, 11) is -1.24. The molecule has 0 aliphatic carbocycles. The van der Waals surface area contributed by atoms with Gasteiger partial charge in [-0.15, -0.1) is 6.42 Å². The van der Waals surface area contributed by atoms with Gasteiger partial charge in [0, 0.05) is 13.1 Å². The van der Waals surface area contributed by atoms with Crippen LogP contribution in [0.3, 0.4) is 0 Å². The summed E-state index contributed by atoms with van der Waals surface area (Å²) in [5, 5.41) is 0. The third kappa shape index (κ3) is 5.78. The molecule has 0 N–H and O–H groups in total. The maximum absolute atomic E-state index is 6.04. The highest BCUT2D eigenvalue weighted by molar-refractivity contribution is 6.76. The van der Waals surface area contributed by atoms with Gasteiger partial charge >= 0.3 is 0 Å². The Kier molecular flexibility index (Phi) is 5.69. The van der Waals surface area contributed by atoms with Crippen LogP contribution in [0.4, 0.5) is 0 Å². The van der Waals surface area contributed by atoms with Crippen LogP contribution in [-0.2, 0) is 16.0 Å². The van der Waals surface area contributed by atoms with Crippen molar-refractivity contribution in [2.75, 3.05) is 12.7 Å². The smallest absolute Gasteiger partial charge is 0.165 e. The number of hydrogen-bond acceptors (Lipinski definition) is 3. The minimum Gasteiger partial charge on any atom is -0.342 e. The van der Waals surface area contributed by atoms with Gasteiger partial charge in [-0.05, 0) is 25.6 Å². The summed E-state index contributed by atoms with van der Waals surface area (Å²) in [6.07, 6.45) is 6.40. The van der Waals surface area contributed by atoms with Gasteiger partial charge in [0.2, 0.25) is 0 Å². The maximum atomic E-state index is 6.04. The molecular formula is C19H29NO2Si. The number of ether oxygens (including phenoxy) is 2. The number of benzene rings is 1. The molecule has 0 amide bonds. The first-order valence-corrected chi connectivity index (χ1v) is 12.0. The summed E-state index contributed by atoms with van der Waals surface area (Å²) in [5.41, 5.74) is 1.32. The lowest BCUT2D eigenvalue weighted by atomic mass is 10.2. The van der Waals surface area contributed by atoms with E-state index in [1.165, 1.54) is 5.56 Å². The second kappa shape index (κ2) is 7.19. The molecule has 1 aliphatic heterocycles. The van der Waals surface area contributed by atoms with Crippen molar-refractivity contribution < 1.29 is 9.47 Å². The van der Waals surface area contributed by atoms with Crippen LogP contribution in [-0.4, -0.2) is 43.7 Å². The Morgan fingerprint density at radius 1 is 1.17 bits per heavy atom. The standard InChI is InChI=1S/C19H29NO2Si/c1-7-17-18(22-19(2,3)21-17)14-20(15-23(4,5)6)13-16-11-9-8-10-12-16/h1,8-12,17-18H,13-15H2,2-6H3/t17-,18-/m0/s1. The van der Waals surface area contributed by atoms with E-state index in [9.17, 15) is 0 Å². The zero-order valence-electron chi connectivity index (χ0n) is 15.0. The van der Waals surface area contributed by atoms with Gasteiger partial charge in [-0.3, -0.25) is 4.90 Å². The summed E-state index contributed by atoms with van der Waals surface area (Å²) >= 11 is 0. The summed E-state index contributed by atoms with van der Waals surface area (Å²) < 4.78 is 11.9. The van der Waals surface area contributed by atoms with E-state index in [2.05, 4.69) is 60.8 Å². The molecule has 0 aromatic heterocycles. The lowest BCUT2D eigenvalue weighted by Crippen LogP contribution is -2.45. The number of hydrogen-bond donors (Lipinski definition) is 0. The zero-order valence-corrected chi connectivity index (χ0v) is 16.0. The molecular weight excluding hydrogens is 302 g/mol. The average Bonchev–Trinajstić information content (AvgIpc) is 2.72. The van der Waals surface area contributed by atoms with Crippen LogP contribution in [0.15, 0.2) is 30.3 Å². The molecule has 4 heteroatoms. The van der Waals surface area contributed by atoms with Crippen molar-refractivity contribution in [2.24, 2.45) is 0 Å². The third-order valence-electron chi connectivity index (χ3n) is 3.73. The van der Waals surface area contributed by atoms with E-state index in [0.29, 0.717) is 0 Å². The Balaban J connectivity index is 2.10. The van der Waals surface area contributed by atoms with E-state index >= 15 is 0 Å². The fourth-order valence-corrected chi connectivity index (χ4v) is 4.64. The Morgan fingerprint density at radius 2 is 1.83 bits per heavy atom. The second-order valence-electron chi connectivity index (χ2n) is 7.98. The fraction of sp³-hybridized carbons (Fsp3) is 0.579. The van der Waals surface area contributed by atoms with Gasteiger partial charge in [-0.1, -0.05) is 55.9 Å². The van der Waals surface area contributed by atoms with Gasteiger partial charge in [0.05, 0.1) is 8.07 Å². The molecule has 0 saturated carbocycles. The molecule has 0 spiro atoms. The van der Waals surface area contributed by atoms with Crippen molar-refractivity contribution >= 4 is 8.07 Å². The monoisotopic (exact) mass is 331 g/mol. The Morgan fingerprint density at radius 3 is 2.39 bits per heavy atom. The molecule has 1 fully saturated rings. The predicted molar refractivity (Wildman–Crippen MR) is 97.7 cm³/mol. The SMILES string of the molecule is C#C[C@@H]1OC(C)(C)O[C@H]1CN(Cc1ccccc1)C[Si](C)(C)C. The molecule has 1 aliphatic rings. The molecule has 1 heterocycles. The lowest BCUT2D eigenvalue weighted by molar-refractivity contribution is -0.144. The topological polar surface area (TPSA) is 21.7 Å². The molecule has 0 radical (unpaired) electrons. The Bertz CT molecular complexity index is 545. The maximum Gasteiger partial charge on any atom is 0.165 e. The van der Waals surface area contributed by atoms with E-state index in [1.54, 1.807) is 0 Å². The van der Waals surface area contributed by atoms with Crippen molar-refractivity contribution in [3.63, 3.8) is 0 Å². The van der Waals surface area contributed by atoms with Crippen molar-refractivity contribution in [1.29, 1.82) is 0 Å². The molecule has 1 aromatic carbocycles. The third-order valence-corrected chi connectivity index (χ3v) is 5.13. The molecule has 2 atom stereocenters. The Hall–Kier alpha value is -1.12. The number of nitrogens with zero attached hydrogens (tertiary/aromatic N) is 1. The first-order chi connectivity index (χ1) is 10.7. The minimum atomic E-state index is -1.24. The van der Waals surface area contributed by atoms with Crippen LogP contribution >= 0.6 is 0 Å². The second-order valence-corrected chi connectivity index (χ2v) is 13.4. The van der Waals surface area contributed by atoms with Gasteiger partial charge in [-0.25, -0.2) is 0 Å². The summed E-state index contributed by atoms with van der Waals surface area (Å²) in [5.74, 6) is 2.14.